The molecule has 1 unspecified atom stereocenters. The Morgan fingerprint density at radius 3 is 2.06 bits per heavy atom. The van der Waals surface area contributed by atoms with Crippen LogP contribution in [-0.4, -0.2) is 19.3 Å². The SMILES string of the molecule is COP(=O)(OC)C(C)(O)c1ccc(Cl)cc1. The summed E-state index contributed by atoms with van der Waals surface area (Å²) in [6.07, 6.45) is 0. The van der Waals surface area contributed by atoms with Crippen molar-refractivity contribution in [1.29, 1.82) is 0 Å². The molecule has 0 aliphatic carbocycles. The van der Waals surface area contributed by atoms with Gasteiger partial charge in [-0.05, 0) is 24.6 Å². The van der Waals surface area contributed by atoms with Crippen molar-refractivity contribution in [3.05, 3.63) is 34.9 Å². The number of hydrogen-bond acceptors (Lipinski definition) is 4. The summed E-state index contributed by atoms with van der Waals surface area (Å²) in [7, 11) is -1.15. The molecule has 0 saturated carbocycles. The first-order valence-corrected chi connectivity index (χ1v) is 6.49. The van der Waals surface area contributed by atoms with Gasteiger partial charge in [-0.15, -0.1) is 0 Å². The Kier molecular flexibility index (Phi) is 4.16. The van der Waals surface area contributed by atoms with Crippen molar-refractivity contribution in [2.24, 2.45) is 0 Å². The maximum Gasteiger partial charge on any atom is 0.365 e. The summed E-state index contributed by atoms with van der Waals surface area (Å²) in [6.45, 7) is 1.38. The van der Waals surface area contributed by atoms with Gasteiger partial charge in [0, 0.05) is 19.2 Å². The van der Waals surface area contributed by atoms with Crippen LogP contribution < -0.4 is 0 Å². The van der Waals surface area contributed by atoms with Crippen LogP contribution in [-0.2, 0) is 19.0 Å². The van der Waals surface area contributed by atoms with Gasteiger partial charge in [-0.1, -0.05) is 23.7 Å². The highest BCUT2D eigenvalue weighted by Gasteiger charge is 2.46. The summed E-state index contributed by atoms with van der Waals surface area (Å²) in [6, 6.07) is 6.35. The summed E-state index contributed by atoms with van der Waals surface area (Å²) in [5.74, 6) is 0. The lowest BCUT2D eigenvalue weighted by Gasteiger charge is -2.29. The molecule has 0 radical (unpaired) electrons. The molecule has 0 aliphatic heterocycles. The molecule has 0 aromatic heterocycles. The molecule has 1 aromatic rings. The van der Waals surface area contributed by atoms with Crippen LogP contribution in [0.3, 0.4) is 0 Å². The molecule has 1 aromatic carbocycles. The first kappa shape index (κ1) is 13.7. The molecule has 0 bridgehead atoms. The molecule has 1 N–H and O–H groups in total. The van der Waals surface area contributed by atoms with E-state index in [0.29, 0.717) is 10.6 Å². The number of benzene rings is 1. The Hall–Kier alpha value is -0.380. The van der Waals surface area contributed by atoms with Crippen molar-refractivity contribution in [2.75, 3.05) is 14.2 Å². The normalized spacial score (nSPS) is 15.8. The average molecular weight is 265 g/mol. The fourth-order valence-electron chi connectivity index (χ4n) is 1.35. The molecule has 6 heteroatoms. The minimum Gasteiger partial charge on any atom is -0.373 e. The standard InChI is InChI=1S/C10H14ClO4P/c1-10(12,16(13,14-2)15-3)8-4-6-9(11)7-5-8/h4-7,12H,1-3H3. The zero-order chi connectivity index (χ0) is 12.4. The van der Waals surface area contributed by atoms with Crippen LogP contribution in [0.1, 0.15) is 12.5 Å². The van der Waals surface area contributed by atoms with E-state index in [1.54, 1.807) is 24.3 Å². The van der Waals surface area contributed by atoms with Gasteiger partial charge in [0.1, 0.15) is 0 Å². The summed E-state index contributed by atoms with van der Waals surface area (Å²) < 4.78 is 21.7. The van der Waals surface area contributed by atoms with Gasteiger partial charge in [0.05, 0.1) is 0 Å². The topological polar surface area (TPSA) is 55.8 Å². The second-order valence-corrected chi connectivity index (χ2v) is 6.42. The van der Waals surface area contributed by atoms with Crippen molar-refractivity contribution < 1.29 is 18.7 Å². The smallest absolute Gasteiger partial charge is 0.365 e. The highest BCUT2D eigenvalue weighted by molar-refractivity contribution is 7.54. The van der Waals surface area contributed by atoms with Gasteiger partial charge in [-0.3, -0.25) is 4.57 Å². The zero-order valence-electron chi connectivity index (χ0n) is 9.31. The molecular weight excluding hydrogens is 251 g/mol. The van der Waals surface area contributed by atoms with Crippen molar-refractivity contribution in [2.45, 2.75) is 12.3 Å². The van der Waals surface area contributed by atoms with E-state index in [1.165, 1.54) is 21.1 Å². The van der Waals surface area contributed by atoms with E-state index in [9.17, 15) is 9.67 Å². The van der Waals surface area contributed by atoms with Crippen LogP contribution in [0.4, 0.5) is 0 Å². The molecule has 0 amide bonds. The van der Waals surface area contributed by atoms with Crippen molar-refractivity contribution >= 4 is 19.2 Å². The second-order valence-electron chi connectivity index (χ2n) is 3.39. The molecule has 0 saturated heterocycles. The predicted molar refractivity (Wildman–Crippen MR) is 62.6 cm³/mol. The van der Waals surface area contributed by atoms with Gasteiger partial charge in [-0.25, -0.2) is 0 Å². The molecule has 0 fully saturated rings. The third-order valence-electron chi connectivity index (χ3n) is 2.41. The fourth-order valence-corrected chi connectivity index (χ4v) is 2.81. The molecular formula is C10H14ClO4P. The van der Waals surface area contributed by atoms with Crippen molar-refractivity contribution in [3.63, 3.8) is 0 Å². The van der Waals surface area contributed by atoms with Crippen LogP contribution in [0.15, 0.2) is 24.3 Å². The Morgan fingerprint density at radius 1 is 1.25 bits per heavy atom. The van der Waals surface area contributed by atoms with Gasteiger partial charge >= 0.3 is 7.60 Å². The molecule has 0 aliphatic rings. The number of rotatable bonds is 4. The summed E-state index contributed by atoms with van der Waals surface area (Å²) in [5.41, 5.74) is 0.420. The first-order chi connectivity index (χ1) is 7.37. The maximum atomic E-state index is 12.1. The molecule has 0 spiro atoms. The number of hydrogen-bond donors (Lipinski definition) is 1. The van der Waals surface area contributed by atoms with Crippen LogP contribution in [0.2, 0.25) is 5.02 Å². The van der Waals surface area contributed by atoms with Crippen LogP contribution in [0.5, 0.6) is 0 Å². The molecule has 0 heterocycles. The van der Waals surface area contributed by atoms with Crippen LogP contribution in [0, 0.1) is 0 Å². The minimum absolute atomic E-state index is 0.420. The van der Waals surface area contributed by atoms with Gasteiger partial charge in [0.15, 0.2) is 5.34 Å². The second kappa shape index (κ2) is 4.86. The molecule has 1 atom stereocenters. The van der Waals surface area contributed by atoms with Gasteiger partial charge in [-0.2, -0.15) is 0 Å². The fraction of sp³-hybridized carbons (Fsp3) is 0.400. The quantitative estimate of drug-likeness (QED) is 0.850. The largest absolute Gasteiger partial charge is 0.373 e. The molecule has 16 heavy (non-hydrogen) atoms. The van der Waals surface area contributed by atoms with E-state index in [4.69, 9.17) is 20.6 Å². The molecule has 90 valence electrons. The molecule has 4 nitrogen and oxygen atoms in total. The third-order valence-corrected chi connectivity index (χ3v) is 4.94. The third kappa shape index (κ3) is 2.31. The van der Waals surface area contributed by atoms with E-state index in [0.717, 1.165) is 0 Å². The maximum absolute atomic E-state index is 12.1. The predicted octanol–water partition coefficient (Wildman–Crippen LogP) is 2.99. The Morgan fingerprint density at radius 2 is 1.69 bits per heavy atom. The molecule has 1 rings (SSSR count). The van der Waals surface area contributed by atoms with E-state index in [-0.39, 0.29) is 0 Å². The van der Waals surface area contributed by atoms with Gasteiger partial charge in [0.2, 0.25) is 0 Å². The minimum atomic E-state index is -3.61. The van der Waals surface area contributed by atoms with Crippen molar-refractivity contribution in [1.82, 2.24) is 0 Å². The summed E-state index contributed by atoms with van der Waals surface area (Å²) in [5, 5.41) is 9.06. The first-order valence-electron chi connectivity index (χ1n) is 4.57. The Balaban J connectivity index is 3.19. The Labute approximate surface area is 99.7 Å². The highest BCUT2D eigenvalue weighted by Crippen LogP contribution is 2.62. The van der Waals surface area contributed by atoms with Gasteiger partial charge in [0.25, 0.3) is 0 Å². The lowest BCUT2D eigenvalue weighted by molar-refractivity contribution is 0.0932. The Bertz CT molecular complexity index is 394. The summed E-state index contributed by atoms with van der Waals surface area (Å²) in [4.78, 5) is 0. The van der Waals surface area contributed by atoms with Crippen LogP contribution in [0.25, 0.3) is 0 Å². The monoisotopic (exact) mass is 264 g/mol. The lowest BCUT2D eigenvalue weighted by atomic mass is 10.1. The van der Waals surface area contributed by atoms with Gasteiger partial charge < -0.3 is 14.2 Å². The van der Waals surface area contributed by atoms with E-state index in [1.807, 2.05) is 0 Å². The van der Waals surface area contributed by atoms with E-state index in [2.05, 4.69) is 0 Å². The average Bonchev–Trinajstić information content (AvgIpc) is 2.28. The van der Waals surface area contributed by atoms with Crippen molar-refractivity contribution in [3.8, 4) is 0 Å². The number of aliphatic hydroxyl groups is 1. The zero-order valence-corrected chi connectivity index (χ0v) is 11.0. The lowest BCUT2D eigenvalue weighted by Crippen LogP contribution is -2.23. The summed E-state index contributed by atoms with van der Waals surface area (Å²) >= 11 is 5.73. The highest BCUT2D eigenvalue weighted by atomic mass is 35.5. The van der Waals surface area contributed by atoms with Crippen LogP contribution >= 0.6 is 19.2 Å². The number of halogens is 1. The van der Waals surface area contributed by atoms with E-state index >= 15 is 0 Å². The van der Waals surface area contributed by atoms with E-state index < -0.39 is 12.9 Å².